The quantitative estimate of drug-likeness (QED) is 0.684. The van der Waals surface area contributed by atoms with E-state index in [2.05, 4.69) is 0 Å². The molecule has 1 aromatic rings. The third-order valence-corrected chi connectivity index (χ3v) is 5.56. The van der Waals surface area contributed by atoms with Crippen molar-refractivity contribution in [2.75, 3.05) is 20.2 Å². The van der Waals surface area contributed by atoms with Crippen LogP contribution in [0.5, 0.6) is 5.75 Å². The molecule has 0 N–H and O–H groups in total. The van der Waals surface area contributed by atoms with Crippen molar-refractivity contribution in [1.29, 1.82) is 0 Å². The number of ether oxygens (including phenoxy) is 1. The molecule has 0 radical (unpaired) electrons. The molecule has 1 unspecified atom stereocenters. The fraction of sp³-hybridized carbons (Fsp3) is 0.600. The van der Waals surface area contributed by atoms with Crippen LogP contribution < -0.4 is 4.74 Å². The van der Waals surface area contributed by atoms with Crippen LogP contribution in [0.4, 0.5) is 0 Å². The molecule has 0 heterocycles. The lowest BCUT2D eigenvalue weighted by Gasteiger charge is -2.21. The van der Waals surface area contributed by atoms with Crippen molar-refractivity contribution < 1.29 is 13.2 Å². The number of alkyl halides is 1. The molecule has 0 aliphatic heterocycles. The van der Waals surface area contributed by atoms with Gasteiger partial charge in [0.15, 0.2) is 0 Å². The number of rotatable bonds is 8. The molecular weight excluding hydrogens is 310 g/mol. The van der Waals surface area contributed by atoms with Crippen LogP contribution in [-0.4, -0.2) is 32.9 Å². The number of halogens is 1. The summed E-state index contributed by atoms with van der Waals surface area (Å²) >= 11 is 5.89. The largest absolute Gasteiger partial charge is 0.494 e. The summed E-state index contributed by atoms with van der Waals surface area (Å²) in [5.74, 6) is 1.17. The molecule has 6 heteroatoms. The Bertz CT molecular complexity index is 560. The molecule has 1 rings (SSSR count). The summed E-state index contributed by atoms with van der Waals surface area (Å²) in [6.07, 6.45) is 0.941. The maximum atomic E-state index is 12.6. The Balaban J connectivity index is 3.08. The molecule has 1 atom stereocenters. The van der Waals surface area contributed by atoms with Gasteiger partial charge in [-0.15, -0.1) is 11.6 Å². The highest BCUT2D eigenvalue weighted by Gasteiger charge is 2.23. The highest BCUT2D eigenvalue weighted by atomic mass is 35.5. The summed E-state index contributed by atoms with van der Waals surface area (Å²) in [7, 11) is -1.88. The number of benzene rings is 1. The Morgan fingerprint density at radius 3 is 2.52 bits per heavy atom. The van der Waals surface area contributed by atoms with Crippen LogP contribution in [0.1, 0.15) is 32.8 Å². The minimum atomic E-state index is -3.49. The number of hydrogen-bond donors (Lipinski definition) is 0. The molecule has 0 saturated carbocycles. The van der Waals surface area contributed by atoms with E-state index in [1.165, 1.54) is 4.31 Å². The molecule has 0 aromatic heterocycles. The minimum Gasteiger partial charge on any atom is -0.494 e. The summed E-state index contributed by atoms with van der Waals surface area (Å²) < 4.78 is 32.0. The highest BCUT2D eigenvalue weighted by Crippen LogP contribution is 2.26. The first kappa shape index (κ1) is 18.3. The van der Waals surface area contributed by atoms with E-state index in [0.29, 0.717) is 30.4 Å². The monoisotopic (exact) mass is 333 g/mol. The van der Waals surface area contributed by atoms with Crippen LogP contribution >= 0.6 is 11.6 Å². The van der Waals surface area contributed by atoms with Crippen LogP contribution in [0.2, 0.25) is 0 Å². The first-order chi connectivity index (χ1) is 9.86. The zero-order valence-corrected chi connectivity index (χ0v) is 14.7. The van der Waals surface area contributed by atoms with E-state index in [-0.39, 0.29) is 10.8 Å². The van der Waals surface area contributed by atoms with Crippen molar-refractivity contribution in [3.05, 3.63) is 23.8 Å². The lowest BCUT2D eigenvalue weighted by Crippen LogP contribution is -2.31. The molecule has 0 saturated heterocycles. The van der Waals surface area contributed by atoms with Gasteiger partial charge in [0.1, 0.15) is 5.75 Å². The standard InChI is InChI=1S/C15H24ClNO3S/c1-5-12(3)11-17(4)21(18,19)14-7-8-15(20-6-2)13(9-14)10-16/h7-9,12H,5-6,10-11H2,1-4H3. The van der Waals surface area contributed by atoms with Gasteiger partial charge in [-0.1, -0.05) is 20.3 Å². The summed E-state index contributed by atoms with van der Waals surface area (Å²) in [6.45, 7) is 6.98. The van der Waals surface area contributed by atoms with E-state index in [0.717, 1.165) is 6.42 Å². The van der Waals surface area contributed by atoms with Gasteiger partial charge >= 0.3 is 0 Å². The van der Waals surface area contributed by atoms with Gasteiger partial charge in [-0.3, -0.25) is 0 Å². The second-order valence-corrected chi connectivity index (χ2v) is 7.45. The molecule has 0 aliphatic rings. The Kier molecular flexibility index (Phi) is 6.97. The van der Waals surface area contributed by atoms with E-state index < -0.39 is 10.0 Å². The van der Waals surface area contributed by atoms with Gasteiger partial charge in [0.25, 0.3) is 0 Å². The van der Waals surface area contributed by atoms with Gasteiger partial charge in [-0.25, -0.2) is 12.7 Å². The average molecular weight is 334 g/mol. The molecule has 0 aliphatic carbocycles. The van der Waals surface area contributed by atoms with E-state index in [4.69, 9.17) is 16.3 Å². The number of nitrogens with zero attached hydrogens (tertiary/aromatic N) is 1. The van der Waals surface area contributed by atoms with Crippen molar-refractivity contribution in [2.45, 2.75) is 38.0 Å². The first-order valence-electron chi connectivity index (χ1n) is 7.14. The van der Waals surface area contributed by atoms with Crippen LogP contribution in [0.15, 0.2) is 23.1 Å². The van der Waals surface area contributed by atoms with E-state index >= 15 is 0 Å². The molecule has 0 bridgehead atoms. The fourth-order valence-electron chi connectivity index (χ4n) is 1.96. The van der Waals surface area contributed by atoms with Gasteiger partial charge in [-0.05, 0) is 31.0 Å². The summed E-state index contributed by atoms with van der Waals surface area (Å²) in [4.78, 5) is 0.257. The molecule has 0 amide bonds. The molecule has 4 nitrogen and oxygen atoms in total. The lowest BCUT2D eigenvalue weighted by atomic mass is 10.1. The van der Waals surface area contributed by atoms with Crippen molar-refractivity contribution in [1.82, 2.24) is 4.31 Å². The van der Waals surface area contributed by atoms with Crippen molar-refractivity contribution in [3.63, 3.8) is 0 Å². The zero-order chi connectivity index (χ0) is 16.0. The van der Waals surface area contributed by atoms with Gasteiger partial charge in [0, 0.05) is 19.2 Å². The summed E-state index contributed by atoms with van der Waals surface area (Å²) in [5, 5.41) is 0. The second kappa shape index (κ2) is 8.01. The van der Waals surface area contributed by atoms with Crippen LogP contribution in [0, 0.1) is 5.92 Å². The smallest absolute Gasteiger partial charge is 0.242 e. The molecule has 0 fully saturated rings. The third-order valence-electron chi connectivity index (χ3n) is 3.45. The minimum absolute atomic E-state index is 0.216. The molecule has 1 aromatic carbocycles. The lowest BCUT2D eigenvalue weighted by molar-refractivity contribution is 0.337. The topological polar surface area (TPSA) is 46.6 Å². The number of hydrogen-bond acceptors (Lipinski definition) is 3. The Morgan fingerprint density at radius 2 is 2.00 bits per heavy atom. The van der Waals surface area contributed by atoms with Gasteiger partial charge in [0.05, 0.1) is 17.4 Å². The zero-order valence-electron chi connectivity index (χ0n) is 13.1. The van der Waals surface area contributed by atoms with Crippen LogP contribution in [0.25, 0.3) is 0 Å². The van der Waals surface area contributed by atoms with Gasteiger partial charge in [0.2, 0.25) is 10.0 Å². The van der Waals surface area contributed by atoms with Crippen LogP contribution in [0.3, 0.4) is 0 Å². The molecule has 120 valence electrons. The van der Waals surface area contributed by atoms with E-state index in [1.54, 1.807) is 25.2 Å². The highest BCUT2D eigenvalue weighted by molar-refractivity contribution is 7.89. The number of sulfonamides is 1. The van der Waals surface area contributed by atoms with Crippen molar-refractivity contribution in [2.24, 2.45) is 5.92 Å². The average Bonchev–Trinajstić information content (AvgIpc) is 2.47. The van der Waals surface area contributed by atoms with E-state index in [1.807, 2.05) is 20.8 Å². The predicted octanol–water partition coefficient (Wildman–Crippen LogP) is 3.49. The van der Waals surface area contributed by atoms with Crippen molar-refractivity contribution >= 4 is 21.6 Å². The predicted molar refractivity (Wildman–Crippen MR) is 86.4 cm³/mol. The first-order valence-corrected chi connectivity index (χ1v) is 9.12. The normalized spacial score (nSPS) is 13.4. The van der Waals surface area contributed by atoms with Crippen molar-refractivity contribution in [3.8, 4) is 5.75 Å². The second-order valence-electron chi connectivity index (χ2n) is 5.14. The van der Waals surface area contributed by atoms with Gasteiger partial charge < -0.3 is 4.74 Å². The Labute approximate surface area is 133 Å². The summed E-state index contributed by atoms with van der Waals surface area (Å²) in [6, 6.07) is 4.84. The maximum absolute atomic E-state index is 12.6. The Morgan fingerprint density at radius 1 is 1.33 bits per heavy atom. The van der Waals surface area contributed by atoms with E-state index in [9.17, 15) is 8.42 Å². The maximum Gasteiger partial charge on any atom is 0.242 e. The van der Waals surface area contributed by atoms with Gasteiger partial charge in [-0.2, -0.15) is 0 Å². The molecular formula is C15H24ClNO3S. The summed E-state index contributed by atoms with van der Waals surface area (Å²) in [5.41, 5.74) is 0.691. The SMILES string of the molecule is CCOc1ccc(S(=O)(=O)N(C)CC(C)CC)cc1CCl. The fourth-order valence-corrected chi connectivity index (χ4v) is 3.51. The Hall–Kier alpha value is -0.780. The van der Waals surface area contributed by atoms with Crippen LogP contribution in [-0.2, 0) is 15.9 Å². The molecule has 0 spiro atoms. The third kappa shape index (κ3) is 4.59. The molecule has 21 heavy (non-hydrogen) atoms.